The number of aliphatic imine (C=N–C) groups is 1. The molecule has 0 unspecified atom stereocenters. The second-order valence-electron chi connectivity index (χ2n) is 4.20. The van der Waals surface area contributed by atoms with E-state index in [9.17, 15) is 4.79 Å². The van der Waals surface area contributed by atoms with Crippen molar-refractivity contribution in [3.63, 3.8) is 0 Å². The molecule has 0 bridgehead atoms. The van der Waals surface area contributed by atoms with E-state index in [4.69, 9.17) is 9.47 Å². The van der Waals surface area contributed by atoms with Crippen LogP contribution < -0.4 is 4.74 Å². The molecule has 5 heteroatoms. The highest BCUT2D eigenvalue weighted by molar-refractivity contribution is 7.78. The van der Waals surface area contributed by atoms with Crippen LogP contribution in [0.3, 0.4) is 0 Å². The van der Waals surface area contributed by atoms with Gasteiger partial charge >= 0.3 is 5.97 Å². The lowest BCUT2D eigenvalue weighted by Gasteiger charge is -2.07. The second kappa shape index (κ2) is 7.88. The van der Waals surface area contributed by atoms with Crippen molar-refractivity contribution < 1.29 is 14.3 Å². The van der Waals surface area contributed by atoms with Crippen LogP contribution in [0.1, 0.15) is 0 Å². The van der Waals surface area contributed by atoms with E-state index in [-0.39, 0.29) is 6.79 Å². The molecule has 2 rings (SSSR count). The van der Waals surface area contributed by atoms with Gasteiger partial charge in [-0.2, -0.15) is 4.99 Å². The first-order valence-electron chi connectivity index (χ1n) is 6.43. The second-order valence-corrected chi connectivity index (χ2v) is 4.39. The largest absolute Gasteiger partial charge is 0.457 e. The zero-order valence-corrected chi connectivity index (χ0v) is 12.5. The number of thiocarbonyl (C=S) groups is 1. The van der Waals surface area contributed by atoms with Crippen molar-refractivity contribution in [2.45, 2.75) is 0 Å². The standard InChI is InChI=1S/C17H13NO3S/c1-2-17(19)21-12-20-16-9-5-14(6-10-16)13-3-7-15(8-4-13)18-11-22/h2-10H,1,12H2. The van der Waals surface area contributed by atoms with Crippen molar-refractivity contribution in [2.75, 3.05) is 6.79 Å². The summed E-state index contributed by atoms with van der Waals surface area (Å²) in [6.07, 6.45) is 1.09. The fraction of sp³-hybridized carbons (Fsp3) is 0.0588. The molecule has 110 valence electrons. The number of rotatable bonds is 6. The summed E-state index contributed by atoms with van der Waals surface area (Å²) in [6, 6.07) is 15.1. The highest BCUT2D eigenvalue weighted by Crippen LogP contribution is 2.24. The fourth-order valence-electron chi connectivity index (χ4n) is 1.74. The Bertz CT molecular complexity index is 702. The van der Waals surface area contributed by atoms with Crippen LogP contribution in [0.4, 0.5) is 5.69 Å². The number of benzene rings is 2. The molecule has 0 aromatic heterocycles. The van der Waals surface area contributed by atoms with E-state index in [1.165, 1.54) is 0 Å². The minimum absolute atomic E-state index is 0.144. The van der Waals surface area contributed by atoms with Crippen LogP contribution in [0.2, 0.25) is 0 Å². The average Bonchev–Trinajstić information content (AvgIpc) is 2.56. The monoisotopic (exact) mass is 311 g/mol. The van der Waals surface area contributed by atoms with Crippen LogP contribution in [0.15, 0.2) is 66.2 Å². The SMILES string of the molecule is C=CC(=O)OCOc1ccc(-c2ccc(N=C=S)cc2)cc1. The number of hydrogen-bond donors (Lipinski definition) is 0. The molecule has 2 aromatic rings. The van der Waals surface area contributed by atoms with Gasteiger partial charge in [-0.3, -0.25) is 0 Å². The highest BCUT2D eigenvalue weighted by atomic mass is 32.1. The first-order valence-corrected chi connectivity index (χ1v) is 6.84. The van der Waals surface area contributed by atoms with Gasteiger partial charge in [-0.1, -0.05) is 30.8 Å². The van der Waals surface area contributed by atoms with Gasteiger partial charge in [0, 0.05) is 6.08 Å². The molecule has 0 aliphatic carbocycles. The zero-order valence-electron chi connectivity index (χ0n) is 11.7. The van der Waals surface area contributed by atoms with Crippen LogP contribution in [-0.2, 0) is 9.53 Å². The van der Waals surface area contributed by atoms with Crippen LogP contribution >= 0.6 is 12.2 Å². The normalized spacial score (nSPS) is 9.45. The van der Waals surface area contributed by atoms with Crippen molar-refractivity contribution in [1.82, 2.24) is 0 Å². The fourth-order valence-corrected chi connectivity index (χ4v) is 1.84. The molecule has 0 saturated heterocycles. The molecule has 0 spiro atoms. The lowest BCUT2D eigenvalue weighted by Crippen LogP contribution is -2.07. The summed E-state index contributed by atoms with van der Waals surface area (Å²) >= 11 is 4.57. The van der Waals surface area contributed by atoms with E-state index in [2.05, 4.69) is 29.0 Å². The lowest BCUT2D eigenvalue weighted by molar-refractivity contribution is -0.144. The van der Waals surface area contributed by atoms with E-state index in [1.807, 2.05) is 36.4 Å². The molecule has 0 atom stereocenters. The van der Waals surface area contributed by atoms with Crippen LogP contribution in [-0.4, -0.2) is 17.9 Å². The Morgan fingerprint density at radius 2 is 1.73 bits per heavy atom. The third-order valence-electron chi connectivity index (χ3n) is 2.82. The molecule has 2 aromatic carbocycles. The number of nitrogens with zero attached hydrogens (tertiary/aromatic N) is 1. The summed E-state index contributed by atoms with van der Waals surface area (Å²) in [5.74, 6) is 0.0956. The molecule has 0 amide bonds. The van der Waals surface area contributed by atoms with Crippen molar-refractivity contribution in [2.24, 2.45) is 4.99 Å². The molecular weight excluding hydrogens is 298 g/mol. The molecule has 4 nitrogen and oxygen atoms in total. The van der Waals surface area contributed by atoms with Gasteiger partial charge in [0.05, 0.1) is 10.8 Å². The maximum absolute atomic E-state index is 10.9. The molecule has 0 aliphatic heterocycles. The Morgan fingerprint density at radius 3 is 2.27 bits per heavy atom. The van der Waals surface area contributed by atoms with E-state index in [0.29, 0.717) is 5.75 Å². The lowest BCUT2D eigenvalue weighted by atomic mass is 10.1. The van der Waals surface area contributed by atoms with Gasteiger partial charge in [0.25, 0.3) is 0 Å². The van der Waals surface area contributed by atoms with Gasteiger partial charge in [-0.25, -0.2) is 4.79 Å². The predicted molar refractivity (Wildman–Crippen MR) is 88.3 cm³/mol. The molecule has 0 saturated carbocycles. The summed E-state index contributed by atoms with van der Waals surface area (Å²) in [6.45, 7) is 3.16. The van der Waals surface area contributed by atoms with Crippen molar-refractivity contribution >= 4 is 29.0 Å². The van der Waals surface area contributed by atoms with Crippen LogP contribution in [0.5, 0.6) is 5.75 Å². The molecule has 0 N–H and O–H groups in total. The van der Waals surface area contributed by atoms with Crippen LogP contribution in [0, 0.1) is 0 Å². The molecule has 0 aliphatic rings. The first-order chi connectivity index (χ1) is 10.7. The Labute approximate surface area is 133 Å². The minimum atomic E-state index is -0.518. The van der Waals surface area contributed by atoms with Gasteiger partial charge in [0.2, 0.25) is 6.79 Å². The summed E-state index contributed by atoms with van der Waals surface area (Å²) < 4.78 is 10.0. The number of ether oxygens (including phenoxy) is 2. The maximum atomic E-state index is 10.9. The molecule has 0 radical (unpaired) electrons. The Balaban J connectivity index is 2.00. The molecule has 0 fully saturated rings. The van der Waals surface area contributed by atoms with Gasteiger partial charge in [-0.05, 0) is 47.6 Å². The topological polar surface area (TPSA) is 47.9 Å². The number of esters is 1. The summed E-state index contributed by atoms with van der Waals surface area (Å²) in [5, 5.41) is 2.33. The van der Waals surface area contributed by atoms with Gasteiger partial charge < -0.3 is 9.47 Å². The van der Waals surface area contributed by atoms with E-state index in [1.54, 1.807) is 12.1 Å². The van der Waals surface area contributed by atoms with E-state index >= 15 is 0 Å². The number of carbonyl (C=O) groups is 1. The smallest absolute Gasteiger partial charge is 0.333 e. The van der Waals surface area contributed by atoms with Crippen molar-refractivity contribution in [1.29, 1.82) is 0 Å². The highest BCUT2D eigenvalue weighted by Gasteiger charge is 2.00. The Kier molecular flexibility index (Phi) is 5.60. The number of isothiocyanates is 1. The molecule has 0 heterocycles. The Hall–Kier alpha value is -2.75. The maximum Gasteiger partial charge on any atom is 0.333 e. The Morgan fingerprint density at radius 1 is 1.14 bits per heavy atom. The quantitative estimate of drug-likeness (QED) is 0.264. The molecule has 22 heavy (non-hydrogen) atoms. The third-order valence-corrected chi connectivity index (χ3v) is 2.91. The van der Waals surface area contributed by atoms with Crippen molar-refractivity contribution in [3.8, 4) is 16.9 Å². The van der Waals surface area contributed by atoms with Gasteiger partial charge in [0.15, 0.2) is 0 Å². The van der Waals surface area contributed by atoms with Crippen molar-refractivity contribution in [3.05, 3.63) is 61.2 Å². The summed E-state index contributed by atoms with van der Waals surface area (Å²) in [4.78, 5) is 14.8. The van der Waals surface area contributed by atoms with Gasteiger partial charge in [0.1, 0.15) is 5.75 Å². The van der Waals surface area contributed by atoms with Gasteiger partial charge in [-0.15, -0.1) is 0 Å². The predicted octanol–water partition coefficient (Wildman–Crippen LogP) is 4.15. The summed E-state index contributed by atoms with van der Waals surface area (Å²) in [5.41, 5.74) is 2.85. The molecular formula is C17H13NO3S. The first kappa shape index (κ1) is 15.6. The number of carbonyl (C=O) groups excluding carboxylic acids is 1. The summed E-state index contributed by atoms with van der Waals surface area (Å²) in [7, 11) is 0. The zero-order chi connectivity index (χ0) is 15.8. The minimum Gasteiger partial charge on any atom is -0.457 e. The number of hydrogen-bond acceptors (Lipinski definition) is 5. The average molecular weight is 311 g/mol. The van der Waals surface area contributed by atoms with E-state index < -0.39 is 5.97 Å². The third kappa shape index (κ3) is 4.38. The van der Waals surface area contributed by atoms with E-state index in [0.717, 1.165) is 22.9 Å². The van der Waals surface area contributed by atoms with Crippen LogP contribution in [0.25, 0.3) is 11.1 Å².